The van der Waals surface area contributed by atoms with Crippen LogP contribution in [0.15, 0.2) is 66.7 Å². The highest BCUT2D eigenvalue weighted by atomic mass is 19.1. The second-order valence-electron chi connectivity index (χ2n) is 13.8. The van der Waals surface area contributed by atoms with E-state index in [4.69, 9.17) is 0 Å². The minimum absolute atomic E-state index is 0.103. The number of piperazine rings is 1. The highest BCUT2D eigenvalue weighted by molar-refractivity contribution is 5.94. The van der Waals surface area contributed by atoms with Gasteiger partial charge in [-0.3, -0.25) is 9.69 Å². The van der Waals surface area contributed by atoms with Gasteiger partial charge in [-0.1, -0.05) is 36.4 Å². The third kappa shape index (κ3) is 7.60. The van der Waals surface area contributed by atoms with Crippen molar-refractivity contribution in [3.63, 3.8) is 0 Å². The minimum atomic E-state index is -0.247. The Kier molecular flexibility index (Phi) is 9.07. The van der Waals surface area contributed by atoms with Gasteiger partial charge in [0.2, 0.25) is 0 Å². The molecule has 1 atom stereocenters. The van der Waals surface area contributed by atoms with Crippen LogP contribution in [0.3, 0.4) is 0 Å². The van der Waals surface area contributed by atoms with Crippen LogP contribution >= 0.6 is 0 Å². The third-order valence-corrected chi connectivity index (χ3v) is 9.62. The molecular weight excluding hydrogens is 523 g/mol. The van der Waals surface area contributed by atoms with Gasteiger partial charge in [-0.15, -0.1) is 0 Å². The lowest BCUT2D eigenvalue weighted by Gasteiger charge is -2.44. The van der Waals surface area contributed by atoms with Crippen molar-refractivity contribution >= 4 is 5.91 Å². The monoisotopic (exact) mass is 571 g/mol. The van der Waals surface area contributed by atoms with Crippen molar-refractivity contribution in [2.75, 3.05) is 60.9 Å². The van der Waals surface area contributed by atoms with Crippen LogP contribution in [0.25, 0.3) is 11.1 Å². The van der Waals surface area contributed by atoms with E-state index in [1.807, 2.05) is 36.4 Å². The Balaban J connectivity index is 1.20. The molecule has 6 heteroatoms. The quantitative estimate of drug-likeness (QED) is 0.278. The van der Waals surface area contributed by atoms with E-state index in [1.165, 1.54) is 30.3 Å². The highest BCUT2D eigenvalue weighted by Crippen LogP contribution is 2.28. The molecule has 42 heavy (non-hydrogen) atoms. The predicted octanol–water partition coefficient (Wildman–Crippen LogP) is 5.69. The van der Waals surface area contributed by atoms with Crippen molar-refractivity contribution in [2.24, 2.45) is 0 Å². The summed E-state index contributed by atoms with van der Waals surface area (Å²) in [5.74, 6) is 1.22. The number of benzene rings is 3. The van der Waals surface area contributed by atoms with Gasteiger partial charge in [0.1, 0.15) is 44.1 Å². The maximum absolute atomic E-state index is 15.0. The molecule has 1 N–H and O–H groups in total. The summed E-state index contributed by atoms with van der Waals surface area (Å²) in [7, 11) is 9.18. The van der Waals surface area contributed by atoms with Gasteiger partial charge in [0.15, 0.2) is 0 Å². The summed E-state index contributed by atoms with van der Waals surface area (Å²) in [6.45, 7) is 9.13. The zero-order chi connectivity index (χ0) is 29.9. The number of carbonyl (C=O) groups is 1. The molecule has 1 amide bonds. The van der Waals surface area contributed by atoms with Crippen LogP contribution in [0.1, 0.15) is 46.8 Å². The highest BCUT2D eigenvalue weighted by Gasteiger charge is 2.34. The summed E-state index contributed by atoms with van der Waals surface area (Å²) in [6.07, 6.45) is 3.23. The van der Waals surface area contributed by atoms with Crippen molar-refractivity contribution < 1.29 is 18.2 Å². The first kappa shape index (κ1) is 30.3. The molecule has 2 aliphatic rings. The Bertz CT molecular complexity index is 1390. The van der Waals surface area contributed by atoms with Gasteiger partial charge < -0.3 is 14.3 Å². The summed E-state index contributed by atoms with van der Waals surface area (Å²) in [5.41, 5.74) is 5.37. The van der Waals surface area contributed by atoms with Crippen LogP contribution in [0.4, 0.5) is 4.39 Å². The maximum Gasteiger partial charge on any atom is 0.251 e. The van der Waals surface area contributed by atoms with Crippen LogP contribution in [-0.2, 0) is 19.5 Å². The SMILES string of the molecule is C[C@H]1CN(Cc2cccc(-c3cc(CNC(=O)c4cccc(C[C+]5CC[N+](C)(C)CC5)c4)ccc3F)c2)CC[N+]1(C)C. The average molecular weight is 572 g/mol. The summed E-state index contributed by atoms with van der Waals surface area (Å²) in [6, 6.07) is 21.9. The number of piperidine rings is 1. The number of rotatable bonds is 8. The molecule has 2 fully saturated rings. The average Bonchev–Trinajstić information content (AvgIpc) is 2.96. The van der Waals surface area contributed by atoms with Crippen LogP contribution < -0.4 is 5.32 Å². The molecule has 0 aromatic heterocycles. The van der Waals surface area contributed by atoms with E-state index in [9.17, 15) is 4.79 Å². The van der Waals surface area contributed by atoms with E-state index in [1.54, 1.807) is 12.0 Å². The largest absolute Gasteiger partial charge is 0.348 e. The molecule has 2 aliphatic heterocycles. The van der Waals surface area contributed by atoms with Crippen molar-refractivity contribution in [1.29, 1.82) is 0 Å². The van der Waals surface area contributed by atoms with E-state index >= 15 is 4.39 Å². The Hall–Kier alpha value is -3.19. The van der Waals surface area contributed by atoms with Crippen LogP contribution in [0, 0.1) is 11.7 Å². The van der Waals surface area contributed by atoms with Gasteiger partial charge in [-0.05, 0) is 59.5 Å². The first-order chi connectivity index (χ1) is 20.0. The van der Waals surface area contributed by atoms with Gasteiger partial charge in [-0.25, -0.2) is 4.39 Å². The molecule has 0 radical (unpaired) electrons. The Morgan fingerprint density at radius 1 is 0.929 bits per heavy atom. The number of hydrogen-bond acceptors (Lipinski definition) is 2. The fraction of sp³-hybridized carbons (Fsp3) is 0.444. The Morgan fingerprint density at radius 2 is 1.67 bits per heavy atom. The summed E-state index contributed by atoms with van der Waals surface area (Å²) in [4.78, 5) is 15.6. The van der Waals surface area contributed by atoms with Crippen molar-refractivity contribution in [1.82, 2.24) is 10.2 Å². The fourth-order valence-electron chi connectivity index (χ4n) is 6.18. The first-order valence-corrected chi connectivity index (χ1v) is 15.4. The molecule has 2 heterocycles. The molecule has 5 nitrogen and oxygen atoms in total. The van der Waals surface area contributed by atoms with Gasteiger partial charge >= 0.3 is 0 Å². The van der Waals surface area contributed by atoms with E-state index in [0.717, 1.165) is 65.5 Å². The van der Waals surface area contributed by atoms with E-state index in [0.29, 0.717) is 23.7 Å². The normalized spacial score (nSPS) is 20.3. The minimum Gasteiger partial charge on any atom is -0.348 e. The molecule has 0 spiro atoms. The number of nitrogens with zero attached hydrogens (tertiary/aromatic N) is 3. The zero-order valence-corrected chi connectivity index (χ0v) is 26.1. The smallest absolute Gasteiger partial charge is 0.251 e. The topological polar surface area (TPSA) is 32.3 Å². The molecule has 222 valence electrons. The van der Waals surface area contributed by atoms with Gasteiger partial charge in [0.25, 0.3) is 5.91 Å². The Morgan fingerprint density at radius 3 is 2.43 bits per heavy atom. The molecule has 0 unspecified atom stereocenters. The third-order valence-electron chi connectivity index (χ3n) is 9.62. The van der Waals surface area contributed by atoms with Gasteiger partial charge in [-0.2, -0.15) is 0 Å². The summed E-state index contributed by atoms with van der Waals surface area (Å²) < 4.78 is 17.2. The molecule has 5 rings (SSSR count). The standard InChI is InChI=1S/C36H47FN4O/c1-27-25-39(16-19-41(27,4)5)26-31-9-7-10-32(22-31)34-23-30(12-13-35(34)37)24-38-36(42)33-11-6-8-29(21-33)20-28-14-17-40(2,3)18-15-28/h6-13,21-23,27H,14-20,24-26H2,1-5H3/q+2/p+1/t27-/m0/s1. The molecule has 3 aromatic carbocycles. The molecule has 0 bridgehead atoms. The second kappa shape index (κ2) is 12.6. The Labute approximate surface area is 252 Å². The number of halogens is 1. The van der Waals surface area contributed by atoms with Gasteiger partial charge in [0.05, 0.1) is 47.3 Å². The first-order valence-electron chi connectivity index (χ1n) is 15.4. The fourth-order valence-corrected chi connectivity index (χ4v) is 6.18. The molecule has 0 aliphatic carbocycles. The van der Waals surface area contributed by atoms with Crippen LogP contribution in [0.5, 0.6) is 0 Å². The van der Waals surface area contributed by atoms with E-state index in [2.05, 4.69) is 63.5 Å². The lowest BCUT2D eigenvalue weighted by Crippen LogP contribution is -2.59. The zero-order valence-electron chi connectivity index (χ0n) is 26.1. The number of likely N-dealkylation sites (N-methyl/N-ethyl adjacent to an activating group) is 1. The lowest BCUT2D eigenvalue weighted by atomic mass is 9.89. The van der Waals surface area contributed by atoms with Crippen molar-refractivity contribution in [3.8, 4) is 11.1 Å². The van der Waals surface area contributed by atoms with Gasteiger partial charge in [0, 0.05) is 30.8 Å². The molecule has 2 saturated heterocycles. The number of nitrogens with one attached hydrogen (secondary N) is 1. The van der Waals surface area contributed by atoms with Crippen LogP contribution in [-0.4, -0.2) is 86.7 Å². The second-order valence-corrected chi connectivity index (χ2v) is 13.8. The van der Waals surface area contributed by atoms with E-state index < -0.39 is 0 Å². The summed E-state index contributed by atoms with van der Waals surface area (Å²) >= 11 is 0. The number of hydrogen-bond donors (Lipinski definition) is 1. The maximum atomic E-state index is 15.0. The van der Waals surface area contributed by atoms with Crippen molar-refractivity contribution in [3.05, 3.63) is 101 Å². The molecule has 3 aromatic rings. The number of quaternary nitrogens is 2. The summed E-state index contributed by atoms with van der Waals surface area (Å²) in [5, 5.41) is 3.05. The number of amides is 1. The van der Waals surface area contributed by atoms with E-state index in [-0.39, 0.29) is 11.7 Å². The van der Waals surface area contributed by atoms with Crippen molar-refractivity contribution in [2.45, 2.75) is 45.3 Å². The van der Waals surface area contributed by atoms with Crippen LogP contribution in [0.2, 0.25) is 0 Å². The lowest BCUT2D eigenvalue weighted by molar-refractivity contribution is -0.917. The predicted molar refractivity (Wildman–Crippen MR) is 169 cm³/mol. The molecule has 0 saturated carbocycles. The number of likely N-dealkylation sites (tertiary alicyclic amines) is 1. The molecular formula is C36H48FN4O+3. The number of carbonyl (C=O) groups excluding carboxylic acids is 1.